The van der Waals surface area contributed by atoms with Crippen molar-refractivity contribution < 1.29 is 13.3 Å². The fourth-order valence-electron chi connectivity index (χ4n) is 1.11. The van der Waals surface area contributed by atoms with E-state index in [2.05, 4.69) is 0 Å². The van der Waals surface area contributed by atoms with Crippen LogP contribution in [0.15, 0.2) is 23.1 Å². The van der Waals surface area contributed by atoms with E-state index in [1.807, 2.05) is 0 Å². The molecule has 0 aliphatic rings. The lowest BCUT2D eigenvalue weighted by Crippen LogP contribution is -1.99. The van der Waals surface area contributed by atoms with Gasteiger partial charge in [0.1, 0.15) is 11.6 Å². The first kappa shape index (κ1) is 14.8. The van der Waals surface area contributed by atoms with Gasteiger partial charge in [-0.2, -0.15) is 5.26 Å². The van der Waals surface area contributed by atoms with Gasteiger partial charge >= 0.3 is 0 Å². The molecule has 9 heteroatoms. The van der Waals surface area contributed by atoms with E-state index >= 15 is 0 Å². The van der Waals surface area contributed by atoms with Gasteiger partial charge in [0.15, 0.2) is 0 Å². The number of benzene rings is 1. The van der Waals surface area contributed by atoms with Crippen LogP contribution in [0.25, 0.3) is 0 Å². The maximum Gasteiger partial charge on any atom is 0.287 e. The van der Waals surface area contributed by atoms with E-state index in [9.17, 15) is 18.5 Å². The standard InChI is InChI=1S/C9H7ClN2O4S2/c10-18(15,16)4-3-17-8-1-2-9(12(13)14)7(5-8)6-11/h1-2,5H,3-4H2. The average Bonchev–Trinajstić information content (AvgIpc) is 2.26. The summed E-state index contributed by atoms with van der Waals surface area (Å²) in [4.78, 5) is 10.5. The molecule has 0 aromatic heterocycles. The largest absolute Gasteiger partial charge is 0.287 e. The van der Waals surface area contributed by atoms with Crippen LogP contribution in [0, 0.1) is 21.4 Å². The molecule has 0 saturated heterocycles. The van der Waals surface area contributed by atoms with Crippen LogP contribution in [0.3, 0.4) is 0 Å². The highest BCUT2D eigenvalue weighted by Gasteiger charge is 2.14. The Morgan fingerprint density at radius 2 is 2.17 bits per heavy atom. The van der Waals surface area contributed by atoms with Crippen LogP contribution in [0.4, 0.5) is 5.69 Å². The fraction of sp³-hybridized carbons (Fsp3) is 0.222. The summed E-state index contributed by atoms with van der Waals surface area (Å²) in [5, 5.41) is 19.4. The lowest BCUT2D eigenvalue weighted by Gasteiger charge is -2.01. The highest BCUT2D eigenvalue weighted by Crippen LogP contribution is 2.25. The van der Waals surface area contributed by atoms with Gasteiger partial charge < -0.3 is 0 Å². The van der Waals surface area contributed by atoms with Crippen LogP contribution >= 0.6 is 22.4 Å². The highest BCUT2D eigenvalue weighted by atomic mass is 35.7. The Balaban J connectivity index is 2.81. The number of hydrogen-bond acceptors (Lipinski definition) is 6. The van der Waals surface area contributed by atoms with Crippen molar-refractivity contribution in [1.29, 1.82) is 5.26 Å². The van der Waals surface area contributed by atoms with Gasteiger partial charge in [0.2, 0.25) is 9.05 Å². The molecule has 0 atom stereocenters. The molecule has 0 saturated carbocycles. The molecule has 0 aliphatic carbocycles. The summed E-state index contributed by atoms with van der Waals surface area (Å²) in [5.41, 5.74) is -0.328. The van der Waals surface area contributed by atoms with Crippen molar-refractivity contribution in [2.75, 3.05) is 11.5 Å². The second-order valence-electron chi connectivity index (χ2n) is 3.14. The molecule has 18 heavy (non-hydrogen) atoms. The van der Waals surface area contributed by atoms with Crippen molar-refractivity contribution in [2.45, 2.75) is 4.90 Å². The predicted octanol–water partition coefficient (Wildman–Crippen LogP) is 2.13. The summed E-state index contributed by atoms with van der Waals surface area (Å²) in [6.07, 6.45) is 0. The quantitative estimate of drug-likeness (QED) is 0.357. The van der Waals surface area contributed by atoms with Crippen molar-refractivity contribution >= 4 is 37.2 Å². The zero-order valence-corrected chi connectivity index (χ0v) is 11.3. The number of nitro groups is 1. The number of rotatable bonds is 5. The Hall–Kier alpha value is -1.30. The van der Waals surface area contributed by atoms with Crippen LogP contribution in [0.2, 0.25) is 0 Å². The van der Waals surface area contributed by atoms with Gasteiger partial charge in [-0.3, -0.25) is 10.1 Å². The topological polar surface area (TPSA) is 101 Å². The Labute approximate surface area is 112 Å². The van der Waals surface area contributed by atoms with E-state index in [0.29, 0.717) is 4.90 Å². The summed E-state index contributed by atoms with van der Waals surface area (Å²) in [5.74, 6) is 0.00656. The van der Waals surface area contributed by atoms with Crippen LogP contribution in [0.1, 0.15) is 5.56 Å². The van der Waals surface area contributed by atoms with Gasteiger partial charge in [0.05, 0.1) is 10.7 Å². The fourth-order valence-corrected chi connectivity index (χ4v) is 3.41. The molecule has 6 nitrogen and oxygen atoms in total. The molecule has 0 amide bonds. The third-order valence-corrected chi connectivity index (χ3v) is 4.29. The van der Waals surface area contributed by atoms with Crippen LogP contribution in [-0.4, -0.2) is 24.8 Å². The summed E-state index contributed by atoms with van der Waals surface area (Å²) < 4.78 is 21.4. The number of nitrogens with zero attached hydrogens (tertiary/aromatic N) is 2. The van der Waals surface area contributed by atoms with E-state index in [0.717, 1.165) is 11.8 Å². The van der Waals surface area contributed by atoms with Gasteiger partial charge in [-0.05, 0) is 12.1 Å². The number of hydrogen-bond donors (Lipinski definition) is 0. The smallest absolute Gasteiger partial charge is 0.258 e. The van der Waals surface area contributed by atoms with Crippen LogP contribution in [-0.2, 0) is 9.05 Å². The molecule has 0 radical (unpaired) electrons. The van der Waals surface area contributed by atoms with Gasteiger partial charge in [-0.15, -0.1) is 11.8 Å². The van der Waals surface area contributed by atoms with Gasteiger partial charge in [0, 0.05) is 27.4 Å². The Kier molecular flexibility index (Phi) is 4.95. The molecule has 96 valence electrons. The van der Waals surface area contributed by atoms with Crippen LogP contribution < -0.4 is 0 Å². The van der Waals surface area contributed by atoms with E-state index in [4.69, 9.17) is 15.9 Å². The minimum absolute atomic E-state index is 0.0567. The Morgan fingerprint density at radius 1 is 1.50 bits per heavy atom. The van der Waals surface area contributed by atoms with E-state index < -0.39 is 14.0 Å². The molecular weight excluding hydrogens is 300 g/mol. The summed E-state index contributed by atoms with van der Waals surface area (Å²) >= 11 is 1.16. The van der Waals surface area contributed by atoms with Crippen LogP contribution in [0.5, 0.6) is 0 Å². The first-order chi connectivity index (χ1) is 8.33. The molecule has 1 aromatic rings. The zero-order chi connectivity index (χ0) is 13.8. The normalized spacial score (nSPS) is 10.9. The van der Waals surface area contributed by atoms with Crippen molar-refractivity contribution in [3.05, 3.63) is 33.9 Å². The summed E-state index contributed by atoms with van der Waals surface area (Å²) in [6, 6.07) is 5.76. The van der Waals surface area contributed by atoms with Gasteiger partial charge in [-0.25, -0.2) is 8.42 Å². The molecule has 0 fully saturated rings. The monoisotopic (exact) mass is 306 g/mol. The molecule has 0 heterocycles. The molecule has 0 N–H and O–H groups in total. The van der Waals surface area contributed by atoms with Crippen molar-refractivity contribution in [1.82, 2.24) is 0 Å². The SMILES string of the molecule is N#Cc1cc(SCCS(=O)(=O)Cl)ccc1[N+](=O)[O-]. The molecule has 0 bridgehead atoms. The first-order valence-electron chi connectivity index (χ1n) is 4.57. The first-order valence-corrected chi connectivity index (χ1v) is 8.03. The molecule has 0 spiro atoms. The Morgan fingerprint density at radius 3 is 2.67 bits per heavy atom. The molecule has 0 aliphatic heterocycles. The molecule has 0 unspecified atom stereocenters. The summed E-state index contributed by atoms with van der Waals surface area (Å²) in [6.45, 7) is 0. The second kappa shape index (κ2) is 6.04. The van der Waals surface area contributed by atoms with E-state index in [1.165, 1.54) is 18.2 Å². The van der Waals surface area contributed by atoms with E-state index in [-0.39, 0.29) is 22.8 Å². The highest BCUT2D eigenvalue weighted by molar-refractivity contribution is 8.14. The second-order valence-corrected chi connectivity index (χ2v) is 7.20. The summed E-state index contributed by atoms with van der Waals surface area (Å²) in [7, 11) is 1.49. The maximum atomic E-state index is 10.7. The zero-order valence-electron chi connectivity index (χ0n) is 8.87. The third-order valence-electron chi connectivity index (χ3n) is 1.88. The molecular formula is C9H7ClN2O4S2. The van der Waals surface area contributed by atoms with Crippen molar-refractivity contribution in [3.8, 4) is 6.07 Å². The lowest BCUT2D eigenvalue weighted by molar-refractivity contribution is -0.385. The maximum absolute atomic E-state index is 10.7. The van der Waals surface area contributed by atoms with Crippen molar-refractivity contribution in [3.63, 3.8) is 0 Å². The lowest BCUT2D eigenvalue weighted by atomic mass is 10.2. The number of halogens is 1. The third kappa shape index (κ3) is 4.52. The minimum Gasteiger partial charge on any atom is -0.258 e. The van der Waals surface area contributed by atoms with E-state index in [1.54, 1.807) is 6.07 Å². The number of nitriles is 1. The Bertz CT molecular complexity index is 609. The average molecular weight is 307 g/mol. The van der Waals surface area contributed by atoms with Crippen molar-refractivity contribution in [2.24, 2.45) is 0 Å². The van der Waals surface area contributed by atoms with Gasteiger partial charge in [0.25, 0.3) is 5.69 Å². The minimum atomic E-state index is -3.55. The number of nitro benzene ring substituents is 1. The predicted molar refractivity (Wildman–Crippen MR) is 68.2 cm³/mol. The number of thioether (sulfide) groups is 1. The molecule has 1 aromatic carbocycles. The molecule has 1 rings (SSSR count). The van der Waals surface area contributed by atoms with Gasteiger partial charge in [-0.1, -0.05) is 0 Å².